The minimum absolute atomic E-state index is 0.141. The summed E-state index contributed by atoms with van der Waals surface area (Å²) in [5.41, 5.74) is 3.55. The number of benzene rings is 3. The van der Waals surface area contributed by atoms with E-state index in [1.807, 2.05) is 66.9 Å². The molecule has 4 aromatic rings. The van der Waals surface area contributed by atoms with E-state index in [-0.39, 0.29) is 11.7 Å². The third-order valence-corrected chi connectivity index (χ3v) is 6.25. The molecule has 0 saturated heterocycles. The van der Waals surface area contributed by atoms with Crippen molar-refractivity contribution < 1.29 is 19.0 Å². The van der Waals surface area contributed by atoms with Gasteiger partial charge in [0.05, 0.1) is 26.6 Å². The number of hydrogen-bond acceptors (Lipinski definition) is 7. The second kappa shape index (κ2) is 11.6. The standard InChI is InChI=1S/C27H28N4O4S/c1-5-35-22-12-10-21(11-13-22)31-26(19-8-6-18(2)7-9-19)29-30-27(31)36-17-25(32)28-20-14-23(33-3)16-24(15-20)34-4/h6-16H,5,17H2,1-4H3,(H,28,32). The van der Waals surface area contributed by atoms with Crippen molar-refractivity contribution in [2.24, 2.45) is 0 Å². The summed E-state index contributed by atoms with van der Waals surface area (Å²) in [5.74, 6) is 2.62. The molecule has 9 heteroatoms. The molecule has 3 aromatic carbocycles. The first-order valence-electron chi connectivity index (χ1n) is 11.4. The minimum atomic E-state index is -0.187. The second-order valence-corrected chi connectivity index (χ2v) is 8.82. The Balaban J connectivity index is 1.58. The van der Waals surface area contributed by atoms with Gasteiger partial charge < -0.3 is 19.5 Å². The highest BCUT2D eigenvalue weighted by Crippen LogP contribution is 2.30. The Bertz CT molecular complexity index is 1300. The fourth-order valence-corrected chi connectivity index (χ4v) is 4.30. The summed E-state index contributed by atoms with van der Waals surface area (Å²) in [6.45, 7) is 4.58. The quantitative estimate of drug-likeness (QED) is 0.290. The molecule has 0 spiro atoms. The Hall–Kier alpha value is -3.98. The fraction of sp³-hybridized carbons (Fsp3) is 0.222. The van der Waals surface area contributed by atoms with Crippen molar-refractivity contribution in [2.45, 2.75) is 19.0 Å². The third-order valence-electron chi connectivity index (χ3n) is 5.32. The molecule has 0 radical (unpaired) electrons. The lowest BCUT2D eigenvalue weighted by molar-refractivity contribution is -0.113. The zero-order chi connectivity index (χ0) is 25.5. The van der Waals surface area contributed by atoms with Crippen LogP contribution in [0.15, 0.2) is 71.9 Å². The van der Waals surface area contributed by atoms with Crippen LogP contribution in [0.25, 0.3) is 17.1 Å². The van der Waals surface area contributed by atoms with Crippen molar-refractivity contribution in [3.63, 3.8) is 0 Å². The Morgan fingerprint density at radius 2 is 1.58 bits per heavy atom. The molecule has 8 nitrogen and oxygen atoms in total. The summed E-state index contributed by atoms with van der Waals surface area (Å²) >= 11 is 1.31. The van der Waals surface area contributed by atoms with Crippen LogP contribution in [0.4, 0.5) is 5.69 Å². The number of aromatic nitrogens is 3. The van der Waals surface area contributed by atoms with E-state index in [0.29, 0.717) is 34.8 Å². The predicted octanol–water partition coefficient (Wildman–Crippen LogP) is 5.39. The predicted molar refractivity (Wildman–Crippen MR) is 142 cm³/mol. The molecule has 0 aliphatic carbocycles. The largest absolute Gasteiger partial charge is 0.497 e. The summed E-state index contributed by atoms with van der Waals surface area (Å²) in [6.07, 6.45) is 0. The summed E-state index contributed by atoms with van der Waals surface area (Å²) in [7, 11) is 3.13. The number of rotatable bonds is 10. The first-order valence-corrected chi connectivity index (χ1v) is 12.4. The fourth-order valence-electron chi connectivity index (χ4n) is 3.55. The first-order chi connectivity index (χ1) is 17.5. The number of ether oxygens (including phenoxy) is 3. The molecule has 186 valence electrons. The summed E-state index contributed by atoms with van der Waals surface area (Å²) < 4.78 is 18.1. The van der Waals surface area contributed by atoms with Gasteiger partial charge in [0.25, 0.3) is 0 Å². The number of anilines is 1. The molecule has 0 unspecified atom stereocenters. The Morgan fingerprint density at radius 1 is 0.917 bits per heavy atom. The SMILES string of the molecule is CCOc1ccc(-n2c(SCC(=O)Nc3cc(OC)cc(OC)c3)nnc2-c2ccc(C)cc2)cc1. The average molecular weight is 505 g/mol. The number of thioether (sulfide) groups is 1. The van der Waals surface area contributed by atoms with Gasteiger partial charge in [0.15, 0.2) is 11.0 Å². The molecule has 0 atom stereocenters. The van der Waals surface area contributed by atoms with Gasteiger partial charge in [-0.3, -0.25) is 9.36 Å². The molecular formula is C27H28N4O4S. The lowest BCUT2D eigenvalue weighted by atomic mass is 10.1. The number of aryl methyl sites for hydroxylation is 1. The van der Waals surface area contributed by atoms with Gasteiger partial charge in [-0.05, 0) is 38.1 Å². The van der Waals surface area contributed by atoms with Gasteiger partial charge in [0, 0.05) is 35.1 Å². The molecule has 36 heavy (non-hydrogen) atoms. The van der Waals surface area contributed by atoms with Crippen LogP contribution in [-0.2, 0) is 4.79 Å². The van der Waals surface area contributed by atoms with E-state index in [0.717, 1.165) is 22.6 Å². The van der Waals surface area contributed by atoms with E-state index in [9.17, 15) is 4.79 Å². The highest BCUT2D eigenvalue weighted by molar-refractivity contribution is 7.99. The molecule has 1 aromatic heterocycles. The Labute approximate surface area is 214 Å². The molecule has 0 aliphatic rings. The van der Waals surface area contributed by atoms with Gasteiger partial charge in [-0.1, -0.05) is 41.6 Å². The minimum Gasteiger partial charge on any atom is -0.497 e. The first kappa shape index (κ1) is 25.1. The smallest absolute Gasteiger partial charge is 0.234 e. The highest BCUT2D eigenvalue weighted by atomic mass is 32.2. The molecule has 1 heterocycles. The van der Waals surface area contributed by atoms with Gasteiger partial charge in [0.2, 0.25) is 5.91 Å². The molecular weight excluding hydrogens is 476 g/mol. The number of hydrogen-bond donors (Lipinski definition) is 1. The molecule has 0 fully saturated rings. The van der Waals surface area contributed by atoms with E-state index in [1.165, 1.54) is 11.8 Å². The number of amides is 1. The van der Waals surface area contributed by atoms with Crippen LogP contribution in [0, 0.1) is 6.92 Å². The van der Waals surface area contributed by atoms with Crippen molar-refractivity contribution in [3.05, 3.63) is 72.3 Å². The molecule has 4 rings (SSSR count). The molecule has 0 bridgehead atoms. The van der Waals surface area contributed by atoms with Crippen molar-refractivity contribution in [2.75, 3.05) is 31.9 Å². The maximum Gasteiger partial charge on any atom is 0.234 e. The van der Waals surface area contributed by atoms with Crippen LogP contribution in [-0.4, -0.2) is 47.3 Å². The van der Waals surface area contributed by atoms with E-state index in [1.54, 1.807) is 32.4 Å². The topological polar surface area (TPSA) is 87.5 Å². The van der Waals surface area contributed by atoms with Crippen molar-refractivity contribution >= 4 is 23.4 Å². The second-order valence-electron chi connectivity index (χ2n) is 7.87. The van der Waals surface area contributed by atoms with Crippen molar-refractivity contribution in [1.29, 1.82) is 0 Å². The maximum absolute atomic E-state index is 12.8. The Kier molecular flexibility index (Phi) is 8.12. The number of carbonyl (C=O) groups excluding carboxylic acids is 1. The monoisotopic (exact) mass is 504 g/mol. The van der Waals surface area contributed by atoms with E-state index < -0.39 is 0 Å². The van der Waals surface area contributed by atoms with Crippen molar-refractivity contribution in [1.82, 2.24) is 14.8 Å². The normalized spacial score (nSPS) is 10.7. The maximum atomic E-state index is 12.8. The zero-order valence-electron chi connectivity index (χ0n) is 20.6. The number of nitrogens with zero attached hydrogens (tertiary/aromatic N) is 3. The average Bonchev–Trinajstić information content (AvgIpc) is 3.32. The zero-order valence-corrected chi connectivity index (χ0v) is 21.5. The van der Waals surface area contributed by atoms with Crippen LogP contribution in [0.1, 0.15) is 12.5 Å². The number of methoxy groups -OCH3 is 2. The van der Waals surface area contributed by atoms with Crippen LogP contribution >= 0.6 is 11.8 Å². The van der Waals surface area contributed by atoms with Gasteiger partial charge >= 0.3 is 0 Å². The van der Waals surface area contributed by atoms with Gasteiger partial charge in [0.1, 0.15) is 17.2 Å². The van der Waals surface area contributed by atoms with Crippen LogP contribution in [0.3, 0.4) is 0 Å². The van der Waals surface area contributed by atoms with E-state index in [2.05, 4.69) is 15.5 Å². The molecule has 0 saturated carbocycles. The lowest BCUT2D eigenvalue weighted by Crippen LogP contribution is -2.14. The number of carbonyl (C=O) groups is 1. The third kappa shape index (κ3) is 5.98. The summed E-state index contributed by atoms with van der Waals surface area (Å²) in [6, 6.07) is 21.1. The molecule has 1 N–H and O–H groups in total. The van der Waals surface area contributed by atoms with E-state index >= 15 is 0 Å². The van der Waals surface area contributed by atoms with Crippen LogP contribution in [0.5, 0.6) is 17.2 Å². The summed E-state index contributed by atoms with van der Waals surface area (Å²) in [5, 5.41) is 12.4. The van der Waals surface area contributed by atoms with Gasteiger partial charge in [-0.2, -0.15) is 0 Å². The molecule has 0 aliphatic heterocycles. The highest BCUT2D eigenvalue weighted by Gasteiger charge is 2.18. The van der Waals surface area contributed by atoms with E-state index in [4.69, 9.17) is 14.2 Å². The van der Waals surface area contributed by atoms with Crippen molar-refractivity contribution in [3.8, 4) is 34.3 Å². The molecule has 1 amide bonds. The Morgan fingerprint density at radius 3 is 2.19 bits per heavy atom. The summed E-state index contributed by atoms with van der Waals surface area (Å²) in [4.78, 5) is 12.8. The van der Waals surface area contributed by atoms with Gasteiger partial charge in [-0.25, -0.2) is 0 Å². The van der Waals surface area contributed by atoms with Crippen LogP contribution < -0.4 is 19.5 Å². The van der Waals surface area contributed by atoms with Crippen LogP contribution in [0.2, 0.25) is 0 Å². The lowest BCUT2D eigenvalue weighted by Gasteiger charge is -2.12. The van der Waals surface area contributed by atoms with Gasteiger partial charge in [-0.15, -0.1) is 10.2 Å². The number of nitrogens with one attached hydrogen (secondary N) is 1.